The molecule has 0 saturated carbocycles. The van der Waals surface area contributed by atoms with Gasteiger partial charge in [-0.15, -0.1) is 11.3 Å². The molecule has 0 spiro atoms. The number of thiazole rings is 2. The molecule has 0 fully saturated rings. The summed E-state index contributed by atoms with van der Waals surface area (Å²) >= 11 is 3.27. The highest BCUT2D eigenvalue weighted by atomic mass is 32.1. The van der Waals surface area contributed by atoms with Crippen LogP contribution in [0.25, 0.3) is 20.1 Å². The van der Waals surface area contributed by atoms with Gasteiger partial charge in [0.15, 0.2) is 5.13 Å². The van der Waals surface area contributed by atoms with Crippen LogP contribution in [-0.4, -0.2) is 15.0 Å². The van der Waals surface area contributed by atoms with Crippen molar-refractivity contribution in [1.82, 2.24) is 15.0 Å². The average molecular weight is 324 g/mol. The van der Waals surface area contributed by atoms with Crippen LogP contribution in [0.1, 0.15) is 5.56 Å². The van der Waals surface area contributed by atoms with Gasteiger partial charge in [-0.1, -0.05) is 41.7 Å². The molecule has 3 heterocycles. The van der Waals surface area contributed by atoms with Crippen molar-refractivity contribution in [3.63, 3.8) is 0 Å². The highest BCUT2D eigenvalue weighted by Crippen LogP contribution is 2.34. The number of nitrogens with one attached hydrogen (secondary N) is 1. The van der Waals surface area contributed by atoms with Crippen molar-refractivity contribution in [3.8, 4) is 9.88 Å². The van der Waals surface area contributed by atoms with Gasteiger partial charge in [-0.2, -0.15) is 0 Å². The Morgan fingerprint density at radius 3 is 2.77 bits per heavy atom. The fourth-order valence-corrected chi connectivity index (χ4v) is 3.90. The zero-order valence-electron chi connectivity index (χ0n) is 11.6. The lowest BCUT2D eigenvalue weighted by atomic mass is 10.2. The lowest BCUT2D eigenvalue weighted by molar-refractivity contribution is 1.13. The molecule has 0 aliphatic rings. The zero-order valence-corrected chi connectivity index (χ0v) is 13.2. The summed E-state index contributed by atoms with van der Waals surface area (Å²) in [6.07, 6.45) is 5.50. The molecule has 3 aromatic heterocycles. The first kappa shape index (κ1) is 13.4. The number of pyridine rings is 1. The van der Waals surface area contributed by atoms with E-state index in [1.165, 1.54) is 5.56 Å². The van der Waals surface area contributed by atoms with Crippen molar-refractivity contribution >= 4 is 38.0 Å². The standard InChI is InChI=1S/C16H12N4S2/c1-2-4-11(5-3-1)8-18-16-19-10-14(22-16)15-20-12-6-7-17-9-13(12)21-15/h1-7,9-10H,8H2,(H,18,19). The normalized spacial score (nSPS) is 10.9. The van der Waals surface area contributed by atoms with Crippen molar-refractivity contribution in [2.24, 2.45) is 0 Å². The minimum atomic E-state index is 0.775. The van der Waals surface area contributed by atoms with Crippen LogP contribution in [0, 0.1) is 0 Å². The SMILES string of the molecule is c1ccc(CNc2ncc(-c3nc4ccncc4s3)s2)cc1. The zero-order chi connectivity index (χ0) is 14.8. The number of hydrogen-bond acceptors (Lipinski definition) is 6. The molecule has 4 rings (SSSR count). The molecule has 0 unspecified atom stereocenters. The van der Waals surface area contributed by atoms with Gasteiger partial charge >= 0.3 is 0 Å². The maximum Gasteiger partial charge on any atom is 0.183 e. The number of hydrogen-bond donors (Lipinski definition) is 1. The van der Waals surface area contributed by atoms with Gasteiger partial charge in [0.2, 0.25) is 0 Å². The molecule has 0 amide bonds. The molecular formula is C16H12N4S2. The lowest BCUT2D eigenvalue weighted by Gasteiger charge is -2.01. The van der Waals surface area contributed by atoms with Crippen LogP contribution in [0.4, 0.5) is 5.13 Å². The molecule has 4 nitrogen and oxygen atoms in total. The van der Waals surface area contributed by atoms with Crippen LogP contribution >= 0.6 is 22.7 Å². The van der Waals surface area contributed by atoms with Gasteiger partial charge in [0, 0.05) is 18.9 Å². The van der Waals surface area contributed by atoms with E-state index in [2.05, 4.69) is 32.4 Å². The van der Waals surface area contributed by atoms with Gasteiger partial charge in [-0.3, -0.25) is 4.98 Å². The topological polar surface area (TPSA) is 50.7 Å². The Bertz CT molecular complexity index is 866. The second-order valence-electron chi connectivity index (χ2n) is 4.73. The van der Waals surface area contributed by atoms with Crippen LogP contribution in [-0.2, 0) is 6.54 Å². The fraction of sp³-hybridized carbons (Fsp3) is 0.0625. The summed E-state index contributed by atoms with van der Waals surface area (Å²) in [5, 5.41) is 5.26. The van der Waals surface area contributed by atoms with E-state index in [0.29, 0.717) is 0 Å². The Morgan fingerprint density at radius 1 is 1.00 bits per heavy atom. The lowest BCUT2D eigenvalue weighted by Crippen LogP contribution is -1.97. The van der Waals surface area contributed by atoms with Crippen LogP contribution in [0.2, 0.25) is 0 Å². The summed E-state index contributed by atoms with van der Waals surface area (Å²) in [6.45, 7) is 0.775. The van der Waals surface area contributed by atoms with Gasteiger partial charge in [-0.25, -0.2) is 9.97 Å². The third-order valence-corrected chi connectivity index (χ3v) is 5.32. The van der Waals surface area contributed by atoms with Crippen molar-refractivity contribution in [3.05, 3.63) is 60.6 Å². The van der Waals surface area contributed by atoms with Crippen molar-refractivity contribution < 1.29 is 0 Å². The van der Waals surface area contributed by atoms with Gasteiger partial charge < -0.3 is 5.32 Å². The Morgan fingerprint density at radius 2 is 1.91 bits per heavy atom. The third-order valence-electron chi connectivity index (χ3n) is 3.19. The number of anilines is 1. The van der Waals surface area contributed by atoms with E-state index in [9.17, 15) is 0 Å². The Hall–Kier alpha value is -2.31. The van der Waals surface area contributed by atoms with Crippen LogP contribution in [0.3, 0.4) is 0 Å². The van der Waals surface area contributed by atoms with Crippen LogP contribution in [0.15, 0.2) is 55.0 Å². The Kier molecular flexibility index (Phi) is 3.54. The summed E-state index contributed by atoms with van der Waals surface area (Å²) in [5.74, 6) is 0. The number of benzene rings is 1. The first-order valence-corrected chi connectivity index (χ1v) is 8.46. The largest absolute Gasteiger partial charge is 0.357 e. The Balaban J connectivity index is 1.53. The summed E-state index contributed by atoms with van der Waals surface area (Å²) in [7, 11) is 0. The molecule has 0 atom stereocenters. The minimum Gasteiger partial charge on any atom is -0.357 e. The molecule has 0 bridgehead atoms. The molecule has 1 N–H and O–H groups in total. The third kappa shape index (κ3) is 2.70. The van der Waals surface area contributed by atoms with E-state index in [1.54, 1.807) is 28.9 Å². The van der Waals surface area contributed by atoms with Gasteiger partial charge in [0.1, 0.15) is 5.01 Å². The first-order chi connectivity index (χ1) is 10.9. The summed E-state index contributed by atoms with van der Waals surface area (Å²) < 4.78 is 1.10. The van der Waals surface area contributed by atoms with Gasteiger partial charge in [-0.05, 0) is 11.6 Å². The van der Waals surface area contributed by atoms with E-state index in [-0.39, 0.29) is 0 Å². The highest BCUT2D eigenvalue weighted by molar-refractivity contribution is 7.26. The number of rotatable bonds is 4. The fourth-order valence-electron chi connectivity index (χ4n) is 2.11. The molecule has 1 aromatic carbocycles. The quantitative estimate of drug-likeness (QED) is 0.603. The molecule has 0 aliphatic heterocycles. The molecule has 108 valence electrons. The smallest absolute Gasteiger partial charge is 0.183 e. The van der Waals surface area contributed by atoms with E-state index in [4.69, 9.17) is 0 Å². The molecule has 4 aromatic rings. The summed E-state index contributed by atoms with van der Waals surface area (Å²) in [6, 6.07) is 12.2. The molecule has 0 saturated heterocycles. The predicted molar refractivity (Wildman–Crippen MR) is 92.3 cm³/mol. The second-order valence-corrected chi connectivity index (χ2v) is 6.79. The molecule has 0 aliphatic carbocycles. The van der Waals surface area contributed by atoms with Gasteiger partial charge in [0.05, 0.1) is 21.3 Å². The molecule has 0 radical (unpaired) electrons. The first-order valence-electron chi connectivity index (χ1n) is 6.83. The number of aromatic nitrogens is 3. The van der Waals surface area contributed by atoms with Gasteiger partial charge in [0.25, 0.3) is 0 Å². The van der Waals surface area contributed by atoms with Crippen molar-refractivity contribution in [2.45, 2.75) is 6.54 Å². The monoisotopic (exact) mass is 324 g/mol. The Labute approximate surface area is 135 Å². The minimum absolute atomic E-state index is 0.775. The van der Waals surface area contributed by atoms with E-state index >= 15 is 0 Å². The van der Waals surface area contributed by atoms with Crippen LogP contribution < -0.4 is 5.32 Å². The van der Waals surface area contributed by atoms with E-state index in [1.807, 2.05) is 36.7 Å². The molecule has 22 heavy (non-hydrogen) atoms. The average Bonchev–Trinajstić information content (AvgIpc) is 3.20. The molecular weight excluding hydrogens is 312 g/mol. The van der Waals surface area contributed by atoms with E-state index < -0.39 is 0 Å². The highest BCUT2D eigenvalue weighted by Gasteiger charge is 2.10. The second kappa shape index (κ2) is 5.82. The summed E-state index contributed by atoms with van der Waals surface area (Å²) in [5.41, 5.74) is 2.23. The maximum absolute atomic E-state index is 4.64. The predicted octanol–water partition coefficient (Wildman–Crippen LogP) is 4.43. The summed E-state index contributed by atoms with van der Waals surface area (Å²) in [4.78, 5) is 14.3. The van der Waals surface area contributed by atoms with E-state index in [0.717, 1.165) is 31.8 Å². The van der Waals surface area contributed by atoms with Crippen molar-refractivity contribution in [2.75, 3.05) is 5.32 Å². The number of nitrogens with zero attached hydrogens (tertiary/aromatic N) is 3. The van der Waals surface area contributed by atoms with Crippen molar-refractivity contribution in [1.29, 1.82) is 0 Å². The maximum atomic E-state index is 4.64. The van der Waals surface area contributed by atoms with Crippen LogP contribution in [0.5, 0.6) is 0 Å². The molecule has 6 heteroatoms. The number of fused-ring (bicyclic) bond motifs is 1.